The summed E-state index contributed by atoms with van der Waals surface area (Å²) in [6.45, 7) is 8.81. The highest BCUT2D eigenvalue weighted by Crippen LogP contribution is 2.34. The quantitative estimate of drug-likeness (QED) is 0.661. The van der Waals surface area contributed by atoms with Crippen molar-refractivity contribution in [3.63, 3.8) is 0 Å². The zero-order valence-electron chi connectivity index (χ0n) is 12.9. The van der Waals surface area contributed by atoms with Gasteiger partial charge in [0.25, 0.3) is 0 Å². The first-order valence-corrected chi connectivity index (χ1v) is 7.99. The van der Waals surface area contributed by atoms with E-state index in [1.165, 1.54) is 15.8 Å². The maximum absolute atomic E-state index is 4.68. The first-order chi connectivity index (χ1) is 9.93. The Labute approximate surface area is 129 Å². The molecule has 0 atom stereocenters. The lowest BCUT2D eigenvalue weighted by Crippen LogP contribution is -2.13. The maximum atomic E-state index is 4.68. The molecule has 3 heteroatoms. The molecule has 0 bridgehead atoms. The second-order valence-electron chi connectivity index (χ2n) is 6.41. The SMILES string of the molecule is Cc1ccc2nc(Nc3ccccc3C(C)(C)C)sc2c1. The predicted molar refractivity (Wildman–Crippen MR) is 92.8 cm³/mol. The first kappa shape index (κ1) is 14.1. The van der Waals surface area contributed by atoms with Gasteiger partial charge in [-0.3, -0.25) is 0 Å². The van der Waals surface area contributed by atoms with Gasteiger partial charge in [0.05, 0.1) is 10.2 Å². The Morgan fingerprint density at radius 2 is 1.81 bits per heavy atom. The number of nitrogens with zero attached hydrogens (tertiary/aromatic N) is 1. The molecule has 0 aliphatic carbocycles. The number of anilines is 2. The fraction of sp³-hybridized carbons (Fsp3) is 0.278. The molecule has 0 unspecified atom stereocenters. The van der Waals surface area contributed by atoms with Crippen molar-refractivity contribution in [2.45, 2.75) is 33.1 Å². The van der Waals surface area contributed by atoms with Crippen molar-refractivity contribution in [1.82, 2.24) is 4.98 Å². The second kappa shape index (κ2) is 5.15. The summed E-state index contributed by atoms with van der Waals surface area (Å²) in [6, 6.07) is 14.8. The van der Waals surface area contributed by atoms with Gasteiger partial charge in [-0.15, -0.1) is 0 Å². The fourth-order valence-electron chi connectivity index (χ4n) is 2.45. The summed E-state index contributed by atoms with van der Waals surface area (Å²) in [5.74, 6) is 0. The molecule has 21 heavy (non-hydrogen) atoms. The van der Waals surface area contributed by atoms with Gasteiger partial charge in [0.1, 0.15) is 0 Å². The maximum Gasteiger partial charge on any atom is 0.188 e. The molecule has 1 heterocycles. The zero-order valence-corrected chi connectivity index (χ0v) is 13.7. The highest BCUT2D eigenvalue weighted by molar-refractivity contribution is 7.22. The molecule has 0 radical (unpaired) electrons. The van der Waals surface area contributed by atoms with E-state index in [2.05, 4.69) is 80.5 Å². The summed E-state index contributed by atoms with van der Waals surface area (Å²) < 4.78 is 1.23. The van der Waals surface area contributed by atoms with E-state index in [1.807, 2.05) is 0 Å². The summed E-state index contributed by atoms with van der Waals surface area (Å²) in [5, 5.41) is 4.45. The lowest BCUT2D eigenvalue weighted by molar-refractivity contribution is 0.592. The van der Waals surface area contributed by atoms with Crippen LogP contribution in [0.15, 0.2) is 42.5 Å². The predicted octanol–water partition coefficient (Wildman–Crippen LogP) is 5.65. The molecule has 0 saturated carbocycles. The third-order valence-electron chi connectivity index (χ3n) is 3.52. The van der Waals surface area contributed by atoms with Crippen molar-refractivity contribution in [3.8, 4) is 0 Å². The Morgan fingerprint density at radius 3 is 2.57 bits per heavy atom. The number of hydrogen-bond acceptors (Lipinski definition) is 3. The average molecular weight is 296 g/mol. The van der Waals surface area contributed by atoms with Gasteiger partial charge in [-0.2, -0.15) is 0 Å². The molecule has 0 amide bonds. The summed E-state index contributed by atoms with van der Waals surface area (Å²) in [4.78, 5) is 4.68. The van der Waals surface area contributed by atoms with Crippen molar-refractivity contribution in [1.29, 1.82) is 0 Å². The topological polar surface area (TPSA) is 24.9 Å². The van der Waals surface area contributed by atoms with Crippen LogP contribution in [0.5, 0.6) is 0 Å². The van der Waals surface area contributed by atoms with E-state index >= 15 is 0 Å². The number of thiazole rings is 1. The van der Waals surface area contributed by atoms with Gasteiger partial charge >= 0.3 is 0 Å². The van der Waals surface area contributed by atoms with Crippen LogP contribution in [0.4, 0.5) is 10.8 Å². The van der Waals surface area contributed by atoms with E-state index in [4.69, 9.17) is 0 Å². The molecule has 1 aromatic heterocycles. The van der Waals surface area contributed by atoms with Crippen molar-refractivity contribution in [3.05, 3.63) is 53.6 Å². The number of para-hydroxylation sites is 1. The molecule has 3 aromatic rings. The molecule has 0 saturated heterocycles. The molecule has 108 valence electrons. The van der Waals surface area contributed by atoms with Crippen LogP contribution >= 0.6 is 11.3 Å². The molecule has 0 aliphatic heterocycles. The van der Waals surface area contributed by atoms with E-state index in [0.29, 0.717) is 0 Å². The highest BCUT2D eigenvalue weighted by Gasteiger charge is 2.18. The van der Waals surface area contributed by atoms with E-state index in [1.54, 1.807) is 11.3 Å². The van der Waals surface area contributed by atoms with Crippen molar-refractivity contribution in [2.75, 3.05) is 5.32 Å². The summed E-state index contributed by atoms with van der Waals surface area (Å²) >= 11 is 1.70. The Balaban J connectivity index is 1.99. The average Bonchev–Trinajstić information content (AvgIpc) is 2.79. The van der Waals surface area contributed by atoms with Crippen molar-refractivity contribution < 1.29 is 0 Å². The monoisotopic (exact) mass is 296 g/mol. The third kappa shape index (κ3) is 2.93. The number of aromatic nitrogens is 1. The lowest BCUT2D eigenvalue weighted by Gasteiger charge is -2.22. The summed E-state index contributed by atoms with van der Waals surface area (Å²) in [6.07, 6.45) is 0. The van der Waals surface area contributed by atoms with E-state index < -0.39 is 0 Å². The van der Waals surface area contributed by atoms with Gasteiger partial charge in [0.2, 0.25) is 0 Å². The Bertz CT molecular complexity index is 781. The molecular formula is C18H20N2S. The van der Waals surface area contributed by atoms with Crippen molar-refractivity contribution >= 4 is 32.4 Å². The Morgan fingerprint density at radius 1 is 1.05 bits per heavy atom. The minimum Gasteiger partial charge on any atom is -0.331 e. The van der Waals surface area contributed by atoms with Crippen LogP contribution in [0.1, 0.15) is 31.9 Å². The largest absolute Gasteiger partial charge is 0.331 e. The number of aryl methyl sites for hydroxylation is 1. The van der Waals surface area contributed by atoms with Gasteiger partial charge in [0, 0.05) is 5.69 Å². The minimum atomic E-state index is 0.108. The van der Waals surface area contributed by atoms with Crippen LogP contribution < -0.4 is 5.32 Å². The number of benzene rings is 2. The van der Waals surface area contributed by atoms with Crippen LogP contribution in [0.3, 0.4) is 0 Å². The minimum absolute atomic E-state index is 0.108. The molecule has 0 spiro atoms. The van der Waals surface area contributed by atoms with Gasteiger partial charge in [-0.05, 0) is 41.7 Å². The zero-order chi connectivity index (χ0) is 15.0. The van der Waals surface area contributed by atoms with Crippen LogP contribution in [0.25, 0.3) is 10.2 Å². The number of nitrogens with one attached hydrogen (secondary N) is 1. The normalized spacial score (nSPS) is 11.8. The van der Waals surface area contributed by atoms with Gasteiger partial charge < -0.3 is 5.32 Å². The molecule has 1 N–H and O–H groups in total. The number of hydrogen-bond donors (Lipinski definition) is 1. The van der Waals surface area contributed by atoms with Crippen LogP contribution in [-0.2, 0) is 5.41 Å². The fourth-order valence-corrected chi connectivity index (χ4v) is 3.42. The first-order valence-electron chi connectivity index (χ1n) is 7.17. The van der Waals surface area contributed by atoms with E-state index in [-0.39, 0.29) is 5.41 Å². The van der Waals surface area contributed by atoms with Crippen LogP contribution in [-0.4, -0.2) is 4.98 Å². The Hall–Kier alpha value is -1.87. The number of rotatable bonds is 2. The lowest BCUT2D eigenvalue weighted by atomic mass is 9.86. The third-order valence-corrected chi connectivity index (χ3v) is 4.45. The van der Waals surface area contributed by atoms with Gasteiger partial charge in [-0.1, -0.05) is 56.4 Å². The highest BCUT2D eigenvalue weighted by atomic mass is 32.1. The summed E-state index contributed by atoms with van der Waals surface area (Å²) in [5.41, 5.74) is 4.88. The van der Waals surface area contributed by atoms with Crippen molar-refractivity contribution in [2.24, 2.45) is 0 Å². The van der Waals surface area contributed by atoms with Gasteiger partial charge in [-0.25, -0.2) is 4.98 Å². The molecule has 2 aromatic carbocycles. The molecule has 0 fully saturated rings. The van der Waals surface area contributed by atoms with E-state index in [0.717, 1.165) is 16.3 Å². The molecule has 0 aliphatic rings. The van der Waals surface area contributed by atoms with Crippen LogP contribution in [0, 0.1) is 6.92 Å². The van der Waals surface area contributed by atoms with E-state index in [9.17, 15) is 0 Å². The second-order valence-corrected chi connectivity index (χ2v) is 7.44. The molecule has 2 nitrogen and oxygen atoms in total. The standard InChI is InChI=1S/C18H20N2S/c1-12-9-10-15-16(11-12)21-17(20-15)19-14-8-6-5-7-13(14)18(2,3)4/h5-11H,1-4H3,(H,19,20). The summed E-state index contributed by atoms with van der Waals surface area (Å²) in [7, 11) is 0. The molecule has 3 rings (SSSR count). The Kier molecular flexibility index (Phi) is 3.46. The van der Waals surface area contributed by atoms with Crippen LogP contribution in [0.2, 0.25) is 0 Å². The smallest absolute Gasteiger partial charge is 0.188 e. The molecular weight excluding hydrogens is 276 g/mol. The van der Waals surface area contributed by atoms with Gasteiger partial charge in [0.15, 0.2) is 5.13 Å². The number of fused-ring (bicyclic) bond motifs is 1.